The quantitative estimate of drug-likeness (QED) is 0.736. The van der Waals surface area contributed by atoms with Gasteiger partial charge >= 0.3 is 0 Å². The van der Waals surface area contributed by atoms with E-state index >= 15 is 0 Å². The zero-order valence-corrected chi connectivity index (χ0v) is 17.6. The molecule has 0 spiro atoms. The third-order valence-corrected chi connectivity index (χ3v) is 5.55. The molecule has 29 heavy (non-hydrogen) atoms. The lowest BCUT2D eigenvalue weighted by Crippen LogP contribution is -2.45. The molecular weight excluding hydrogens is 362 g/mol. The van der Waals surface area contributed by atoms with Crippen LogP contribution >= 0.6 is 0 Å². The molecule has 0 bridgehead atoms. The van der Waals surface area contributed by atoms with Crippen molar-refractivity contribution in [2.24, 2.45) is 5.92 Å². The number of hydrogen-bond acceptors (Lipinski definition) is 4. The van der Waals surface area contributed by atoms with Crippen LogP contribution in [0.1, 0.15) is 37.8 Å². The molecule has 152 valence electrons. The minimum atomic E-state index is -0.00468. The number of fused-ring (bicyclic) bond motifs is 1. The fourth-order valence-corrected chi connectivity index (χ4v) is 4.17. The molecule has 0 unspecified atom stereocenters. The molecule has 6 nitrogen and oxygen atoms in total. The van der Waals surface area contributed by atoms with E-state index in [1.54, 1.807) is 6.20 Å². The summed E-state index contributed by atoms with van der Waals surface area (Å²) in [6, 6.07) is 8.70. The first-order valence-corrected chi connectivity index (χ1v) is 10.4. The molecule has 1 aliphatic heterocycles. The van der Waals surface area contributed by atoms with Gasteiger partial charge in [-0.3, -0.25) is 4.79 Å². The van der Waals surface area contributed by atoms with Crippen molar-refractivity contribution in [2.45, 2.75) is 46.6 Å². The molecule has 0 saturated carbocycles. The highest BCUT2D eigenvalue weighted by Crippen LogP contribution is 2.29. The molecule has 1 atom stereocenters. The van der Waals surface area contributed by atoms with Crippen LogP contribution in [0.4, 0.5) is 5.82 Å². The summed E-state index contributed by atoms with van der Waals surface area (Å²) in [5, 5.41) is 7.85. The highest BCUT2D eigenvalue weighted by atomic mass is 16.2. The van der Waals surface area contributed by atoms with Crippen LogP contribution in [0.15, 0.2) is 36.7 Å². The number of rotatable bonds is 4. The van der Waals surface area contributed by atoms with Gasteiger partial charge in [-0.2, -0.15) is 5.10 Å². The maximum absolute atomic E-state index is 12.5. The summed E-state index contributed by atoms with van der Waals surface area (Å²) in [4.78, 5) is 19.4. The number of amides is 1. The Kier molecular flexibility index (Phi) is 5.26. The highest BCUT2D eigenvalue weighted by Gasteiger charge is 2.28. The van der Waals surface area contributed by atoms with E-state index in [0.717, 1.165) is 42.0 Å². The maximum atomic E-state index is 12.5. The minimum absolute atomic E-state index is 0.00468. The third-order valence-electron chi connectivity index (χ3n) is 5.55. The number of anilines is 1. The van der Waals surface area contributed by atoms with Gasteiger partial charge in [0.2, 0.25) is 5.91 Å². The number of nitrogens with zero attached hydrogens (tertiary/aromatic N) is 4. The van der Waals surface area contributed by atoms with E-state index in [1.165, 1.54) is 11.1 Å². The van der Waals surface area contributed by atoms with Gasteiger partial charge in [0, 0.05) is 37.1 Å². The molecule has 3 aromatic rings. The highest BCUT2D eigenvalue weighted by molar-refractivity contribution is 5.81. The van der Waals surface area contributed by atoms with Crippen LogP contribution in [0, 0.1) is 19.8 Å². The molecule has 1 fully saturated rings. The van der Waals surface area contributed by atoms with E-state index in [4.69, 9.17) is 5.10 Å². The lowest BCUT2D eigenvalue weighted by atomic mass is 9.96. The van der Waals surface area contributed by atoms with Crippen molar-refractivity contribution in [1.82, 2.24) is 19.9 Å². The van der Waals surface area contributed by atoms with E-state index in [1.807, 2.05) is 24.6 Å². The maximum Gasteiger partial charge on any atom is 0.225 e. The SMILES string of the molecule is Cc1ccc(-c2cc3c(N4CCC[C@H](C(=O)NC(C)C)C4)nccn3n2)c(C)c1. The van der Waals surface area contributed by atoms with Crippen molar-refractivity contribution < 1.29 is 4.79 Å². The second kappa shape index (κ2) is 7.85. The first-order valence-electron chi connectivity index (χ1n) is 10.4. The molecule has 6 heteroatoms. The van der Waals surface area contributed by atoms with Crippen LogP contribution in [0.2, 0.25) is 0 Å². The van der Waals surface area contributed by atoms with Crippen molar-refractivity contribution in [1.29, 1.82) is 0 Å². The minimum Gasteiger partial charge on any atom is -0.354 e. The average Bonchev–Trinajstić information content (AvgIpc) is 3.11. The summed E-state index contributed by atoms with van der Waals surface area (Å²) in [7, 11) is 0. The average molecular weight is 392 g/mol. The third kappa shape index (κ3) is 3.97. The molecule has 1 aliphatic rings. The number of piperidine rings is 1. The van der Waals surface area contributed by atoms with Crippen molar-refractivity contribution in [3.05, 3.63) is 47.8 Å². The normalized spacial score (nSPS) is 17.1. The van der Waals surface area contributed by atoms with E-state index < -0.39 is 0 Å². The second-order valence-corrected chi connectivity index (χ2v) is 8.38. The standard InChI is InChI=1S/C23H29N5O/c1-15(2)25-23(29)18-6-5-10-27(14-18)22-21-13-20(26-28(21)11-9-24-22)19-8-7-16(3)12-17(19)4/h7-9,11-13,15,18H,5-6,10,14H2,1-4H3,(H,25,29)/t18-/m0/s1. The van der Waals surface area contributed by atoms with Gasteiger partial charge < -0.3 is 10.2 Å². The van der Waals surface area contributed by atoms with Crippen LogP contribution in [0.25, 0.3) is 16.8 Å². The van der Waals surface area contributed by atoms with E-state index in [9.17, 15) is 4.79 Å². The molecule has 2 aromatic heterocycles. The first kappa shape index (κ1) is 19.4. The number of aryl methyl sites for hydroxylation is 2. The van der Waals surface area contributed by atoms with Crippen LogP contribution in [-0.2, 0) is 4.79 Å². The molecule has 1 N–H and O–H groups in total. The Labute approximate surface area is 171 Å². The van der Waals surface area contributed by atoms with Crippen LogP contribution < -0.4 is 10.2 Å². The number of hydrogen-bond donors (Lipinski definition) is 1. The molecular formula is C23H29N5O. The van der Waals surface area contributed by atoms with Gasteiger partial charge in [-0.25, -0.2) is 9.50 Å². The first-order chi connectivity index (χ1) is 13.9. The largest absolute Gasteiger partial charge is 0.354 e. The van der Waals surface area contributed by atoms with Crippen LogP contribution in [-0.4, -0.2) is 39.6 Å². The van der Waals surface area contributed by atoms with Gasteiger partial charge in [0.1, 0.15) is 5.52 Å². The zero-order valence-electron chi connectivity index (χ0n) is 17.6. The van der Waals surface area contributed by atoms with Gasteiger partial charge in [0.05, 0.1) is 11.6 Å². The fourth-order valence-electron chi connectivity index (χ4n) is 4.17. The van der Waals surface area contributed by atoms with Gasteiger partial charge in [-0.1, -0.05) is 23.8 Å². The Bertz CT molecular complexity index is 1040. The topological polar surface area (TPSA) is 62.5 Å². The summed E-state index contributed by atoms with van der Waals surface area (Å²) in [6.45, 7) is 9.82. The summed E-state index contributed by atoms with van der Waals surface area (Å²) in [5.41, 5.74) is 5.52. The Morgan fingerprint density at radius 3 is 2.83 bits per heavy atom. The number of carbonyl (C=O) groups excluding carboxylic acids is 1. The molecule has 0 radical (unpaired) electrons. The Morgan fingerprint density at radius 2 is 2.07 bits per heavy atom. The molecule has 3 heterocycles. The summed E-state index contributed by atoms with van der Waals surface area (Å²) in [5.74, 6) is 1.04. The molecule has 0 aliphatic carbocycles. The van der Waals surface area contributed by atoms with Gasteiger partial charge in [-0.15, -0.1) is 0 Å². The van der Waals surface area contributed by atoms with E-state index in [2.05, 4.69) is 53.3 Å². The lowest BCUT2D eigenvalue weighted by molar-refractivity contribution is -0.125. The van der Waals surface area contributed by atoms with Crippen molar-refractivity contribution in [3.8, 4) is 11.3 Å². The van der Waals surface area contributed by atoms with Crippen molar-refractivity contribution in [3.63, 3.8) is 0 Å². The van der Waals surface area contributed by atoms with E-state index in [-0.39, 0.29) is 17.9 Å². The van der Waals surface area contributed by atoms with E-state index in [0.29, 0.717) is 6.54 Å². The molecule has 1 aromatic carbocycles. The van der Waals surface area contributed by atoms with Crippen molar-refractivity contribution in [2.75, 3.05) is 18.0 Å². The summed E-state index contributed by atoms with van der Waals surface area (Å²) < 4.78 is 1.90. The zero-order chi connectivity index (χ0) is 20.5. The fraction of sp³-hybridized carbons (Fsp3) is 0.435. The van der Waals surface area contributed by atoms with Gasteiger partial charge in [0.25, 0.3) is 0 Å². The van der Waals surface area contributed by atoms with Crippen molar-refractivity contribution >= 4 is 17.2 Å². The lowest BCUT2D eigenvalue weighted by Gasteiger charge is -2.33. The predicted octanol–water partition coefficient (Wildman–Crippen LogP) is 3.75. The van der Waals surface area contributed by atoms with Crippen LogP contribution in [0.3, 0.4) is 0 Å². The Balaban J connectivity index is 1.66. The smallest absolute Gasteiger partial charge is 0.225 e. The molecule has 1 saturated heterocycles. The number of benzene rings is 1. The van der Waals surface area contributed by atoms with Crippen LogP contribution in [0.5, 0.6) is 0 Å². The molecule has 4 rings (SSSR count). The number of aromatic nitrogens is 3. The number of nitrogens with one attached hydrogen (secondary N) is 1. The van der Waals surface area contributed by atoms with Gasteiger partial charge in [0.15, 0.2) is 5.82 Å². The number of carbonyl (C=O) groups is 1. The van der Waals surface area contributed by atoms with Gasteiger partial charge in [-0.05, 0) is 52.2 Å². The second-order valence-electron chi connectivity index (χ2n) is 8.38. The molecule has 1 amide bonds. The summed E-state index contributed by atoms with van der Waals surface area (Å²) in [6.07, 6.45) is 5.58. The summed E-state index contributed by atoms with van der Waals surface area (Å²) >= 11 is 0. The Hall–Kier alpha value is -2.89. The predicted molar refractivity (Wildman–Crippen MR) is 116 cm³/mol. The Morgan fingerprint density at radius 1 is 1.24 bits per heavy atom. The monoisotopic (exact) mass is 391 g/mol.